The highest BCUT2D eigenvalue weighted by Gasteiger charge is 2.26. The number of anilines is 1. The number of nitrogen functional groups attached to an aromatic ring is 1. The Morgan fingerprint density at radius 1 is 1.20 bits per heavy atom. The fourth-order valence-corrected chi connectivity index (χ4v) is 3.86. The Morgan fingerprint density at radius 3 is 2.63 bits per heavy atom. The van der Waals surface area contributed by atoms with E-state index in [1.54, 1.807) is 12.3 Å². The summed E-state index contributed by atoms with van der Waals surface area (Å²) in [6, 6.07) is 8.72. The van der Waals surface area contributed by atoms with E-state index in [2.05, 4.69) is 15.6 Å². The van der Waals surface area contributed by atoms with Gasteiger partial charge in [0.1, 0.15) is 5.75 Å². The van der Waals surface area contributed by atoms with E-state index in [1.807, 2.05) is 18.2 Å². The van der Waals surface area contributed by atoms with Gasteiger partial charge in [0, 0.05) is 24.7 Å². The maximum atomic E-state index is 12.6. The lowest BCUT2D eigenvalue weighted by atomic mass is 9.81. The third-order valence-electron chi connectivity index (χ3n) is 5.50. The van der Waals surface area contributed by atoms with Gasteiger partial charge in [-0.2, -0.15) is 0 Å². The molecule has 3 rings (SSSR count). The summed E-state index contributed by atoms with van der Waals surface area (Å²) in [5.74, 6) is 0.566. The van der Waals surface area contributed by atoms with Crippen LogP contribution in [0.5, 0.6) is 5.75 Å². The number of carbonyl (C=O) groups excluding carboxylic acids is 2. The SMILES string of the molecule is COc1cc(N)c(Cl)cc1C(=O)NCC1CCC(C(=O)NCc2ccccn2)CC1. The standard InChI is InChI=1S/C22H27ClN4O3/c1-30-20-11-19(24)18(23)10-17(20)22(29)26-12-14-5-7-15(8-6-14)21(28)27-13-16-4-2-3-9-25-16/h2-4,9-11,14-15H,5-8,12-13,24H2,1H3,(H,26,29)(H,27,28). The van der Waals surface area contributed by atoms with Gasteiger partial charge < -0.3 is 21.1 Å². The highest BCUT2D eigenvalue weighted by atomic mass is 35.5. The molecule has 0 spiro atoms. The zero-order valence-corrected chi connectivity index (χ0v) is 17.7. The molecule has 1 aliphatic rings. The predicted octanol–water partition coefficient (Wildman–Crippen LogP) is 3.18. The molecule has 1 fully saturated rings. The molecule has 0 aliphatic heterocycles. The first kappa shape index (κ1) is 21.9. The zero-order valence-electron chi connectivity index (χ0n) is 17.0. The van der Waals surface area contributed by atoms with Gasteiger partial charge in [0.2, 0.25) is 5.91 Å². The molecule has 1 aromatic carbocycles. The van der Waals surface area contributed by atoms with Gasteiger partial charge in [-0.3, -0.25) is 14.6 Å². The summed E-state index contributed by atoms with van der Waals surface area (Å²) < 4.78 is 5.24. The smallest absolute Gasteiger partial charge is 0.255 e. The number of ether oxygens (including phenoxy) is 1. The number of halogens is 1. The van der Waals surface area contributed by atoms with E-state index in [0.717, 1.165) is 31.4 Å². The average Bonchev–Trinajstić information content (AvgIpc) is 2.78. The van der Waals surface area contributed by atoms with Crippen LogP contribution in [-0.2, 0) is 11.3 Å². The van der Waals surface area contributed by atoms with Crippen molar-refractivity contribution in [2.45, 2.75) is 32.2 Å². The minimum atomic E-state index is -0.246. The van der Waals surface area contributed by atoms with Crippen LogP contribution in [0.3, 0.4) is 0 Å². The second-order valence-corrected chi connectivity index (χ2v) is 7.95. The lowest BCUT2D eigenvalue weighted by Gasteiger charge is -2.28. The lowest BCUT2D eigenvalue weighted by Crippen LogP contribution is -2.36. The van der Waals surface area contributed by atoms with E-state index >= 15 is 0 Å². The molecule has 1 aromatic heterocycles. The summed E-state index contributed by atoms with van der Waals surface area (Å²) in [5.41, 5.74) is 7.34. The maximum Gasteiger partial charge on any atom is 0.255 e. The van der Waals surface area contributed by atoms with Crippen molar-refractivity contribution in [1.29, 1.82) is 0 Å². The Bertz CT molecular complexity index is 883. The van der Waals surface area contributed by atoms with E-state index in [4.69, 9.17) is 22.1 Å². The van der Waals surface area contributed by atoms with Gasteiger partial charge in [-0.15, -0.1) is 0 Å². The second-order valence-electron chi connectivity index (χ2n) is 7.54. The van der Waals surface area contributed by atoms with Gasteiger partial charge >= 0.3 is 0 Å². The highest BCUT2D eigenvalue weighted by molar-refractivity contribution is 6.33. The number of nitrogens with two attached hydrogens (primary N) is 1. The number of nitrogens with zero attached hydrogens (tertiary/aromatic N) is 1. The van der Waals surface area contributed by atoms with Crippen molar-refractivity contribution in [3.63, 3.8) is 0 Å². The average molecular weight is 431 g/mol. The molecule has 2 aromatic rings. The van der Waals surface area contributed by atoms with Crippen molar-refractivity contribution in [3.05, 3.63) is 52.8 Å². The molecule has 0 unspecified atom stereocenters. The van der Waals surface area contributed by atoms with E-state index in [9.17, 15) is 9.59 Å². The molecule has 0 radical (unpaired) electrons. The fourth-order valence-electron chi connectivity index (χ4n) is 3.70. The monoisotopic (exact) mass is 430 g/mol. The van der Waals surface area contributed by atoms with E-state index in [0.29, 0.717) is 41.0 Å². The Balaban J connectivity index is 1.44. The van der Waals surface area contributed by atoms with Gasteiger partial charge in [0.25, 0.3) is 5.91 Å². The van der Waals surface area contributed by atoms with Crippen molar-refractivity contribution in [2.24, 2.45) is 11.8 Å². The summed E-state index contributed by atoms with van der Waals surface area (Å²) >= 11 is 6.04. The van der Waals surface area contributed by atoms with Crippen LogP contribution in [0, 0.1) is 11.8 Å². The normalized spacial score (nSPS) is 18.5. The predicted molar refractivity (Wildman–Crippen MR) is 116 cm³/mol. The number of pyridine rings is 1. The molecule has 30 heavy (non-hydrogen) atoms. The Hall–Kier alpha value is -2.80. The molecule has 4 N–H and O–H groups in total. The van der Waals surface area contributed by atoms with Crippen LogP contribution in [0.15, 0.2) is 36.5 Å². The number of methoxy groups -OCH3 is 1. The maximum absolute atomic E-state index is 12.6. The molecule has 1 aliphatic carbocycles. The Morgan fingerprint density at radius 2 is 1.97 bits per heavy atom. The summed E-state index contributed by atoms with van der Waals surface area (Å²) in [7, 11) is 1.49. The van der Waals surface area contributed by atoms with E-state index in [1.165, 1.54) is 13.2 Å². The summed E-state index contributed by atoms with van der Waals surface area (Å²) in [6.45, 7) is 0.994. The molecule has 8 heteroatoms. The Kier molecular flexibility index (Phi) is 7.52. The van der Waals surface area contributed by atoms with Crippen molar-refractivity contribution >= 4 is 29.1 Å². The lowest BCUT2D eigenvalue weighted by molar-refractivity contribution is -0.126. The number of hydrogen-bond donors (Lipinski definition) is 3. The molecular formula is C22H27ClN4O3. The van der Waals surface area contributed by atoms with Gasteiger partial charge in [0.05, 0.1) is 35.6 Å². The summed E-state index contributed by atoms with van der Waals surface area (Å²) in [4.78, 5) is 29.2. The summed E-state index contributed by atoms with van der Waals surface area (Å²) in [5, 5.41) is 6.24. The highest BCUT2D eigenvalue weighted by Crippen LogP contribution is 2.30. The van der Waals surface area contributed by atoms with Crippen LogP contribution in [0.1, 0.15) is 41.7 Å². The number of amides is 2. The van der Waals surface area contributed by atoms with Crippen molar-refractivity contribution in [1.82, 2.24) is 15.6 Å². The fraction of sp³-hybridized carbons (Fsp3) is 0.409. The first-order chi connectivity index (χ1) is 14.5. The number of benzene rings is 1. The zero-order chi connectivity index (χ0) is 21.5. The molecule has 0 bridgehead atoms. The number of nitrogens with one attached hydrogen (secondary N) is 2. The summed E-state index contributed by atoms with van der Waals surface area (Å²) in [6.07, 6.45) is 5.12. The molecule has 0 atom stereocenters. The van der Waals surface area contributed by atoms with Crippen LogP contribution in [0.4, 0.5) is 5.69 Å². The first-order valence-electron chi connectivity index (χ1n) is 10.1. The van der Waals surface area contributed by atoms with Crippen molar-refractivity contribution in [3.8, 4) is 5.75 Å². The van der Waals surface area contributed by atoms with Crippen LogP contribution in [0.25, 0.3) is 0 Å². The minimum Gasteiger partial charge on any atom is -0.496 e. The third-order valence-corrected chi connectivity index (χ3v) is 5.83. The van der Waals surface area contributed by atoms with Gasteiger partial charge in [0.15, 0.2) is 0 Å². The van der Waals surface area contributed by atoms with Crippen molar-refractivity contribution < 1.29 is 14.3 Å². The topological polar surface area (TPSA) is 106 Å². The van der Waals surface area contributed by atoms with Crippen LogP contribution >= 0.6 is 11.6 Å². The van der Waals surface area contributed by atoms with Crippen LogP contribution < -0.4 is 21.1 Å². The molecule has 160 valence electrons. The molecule has 1 heterocycles. The van der Waals surface area contributed by atoms with E-state index < -0.39 is 0 Å². The third kappa shape index (κ3) is 5.63. The quantitative estimate of drug-likeness (QED) is 0.585. The first-order valence-corrected chi connectivity index (χ1v) is 10.4. The molecule has 2 amide bonds. The van der Waals surface area contributed by atoms with E-state index in [-0.39, 0.29) is 17.7 Å². The molecular weight excluding hydrogens is 404 g/mol. The molecule has 7 nitrogen and oxygen atoms in total. The number of carbonyl (C=O) groups is 2. The molecule has 1 saturated carbocycles. The number of hydrogen-bond acceptors (Lipinski definition) is 5. The van der Waals surface area contributed by atoms with Crippen LogP contribution in [-0.4, -0.2) is 30.5 Å². The van der Waals surface area contributed by atoms with Crippen molar-refractivity contribution in [2.75, 3.05) is 19.4 Å². The largest absolute Gasteiger partial charge is 0.496 e. The molecule has 0 saturated heterocycles. The minimum absolute atomic E-state index is 0.0108. The number of rotatable bonds is 7. The van der Waals surface area contributed by atoms with Gasteiger partial charge in [-0.25, -0.2) is 0 Å². The van der Waals surface area contributed by atoms with Crippen LogP contribution in [0.2, 0.25) is 5.02 Å². The van der Waals surface area contributed by atoms with Gasteiger partial charge in [-0.05, 0) is 49.8 Å². The number of aromatic nitrogens is 1. The Labute approximate surface area is 181 Å². The van der Waals surface area contributed by atoms with Gasteiger partial charge in [-0.1, -0.05) is 17.7 Å². The second kappa shape index (κ2) is 10.3.